The number of hydrogen-bond donors (Lipinski definition) is 2. The van der Waals surface area contributed by atoms with Gasteiger partial charge in [0, 0.05) is 42.8 Å². The fourth-order valence-corrected chi connectivity index (χ4v) is 3.22. The van der Waals surface area contributed by atoms with Crippen molar-refractivity contribution in [1.29, 1.82) is 0 Å². The molecule has 0 aliphatic heterocycles. The number of nitrogens with one attached hydrogen (secondary N) is 1. The second-order valence-electron chi connectivity index (χ2n) is 6.44. The molecular weight excluding hydrogens is 318 g/mol. The van der Waals surface area contributed by atoms with E-state index < -0.39 is 0 Å². The minimum atomic E-state index is -0.271. The lowest BCUT2D eigenvalue weighted by atomic mass is 9.76. The number of nitrogens with zero attached hydrogens (tertiary/aromatic N) is 4. The van der Waals surface area contributed by atoms with Crippen LogP contribution in [-0.4, -0.2) is 42.7 Å². The van der Waals surface area contributed by atoms with Crippen molar-refractivity contribution in [3.05, 3.63) is 60.3 Å². The Kier molecular flexibility index (Phi) is 4.15. The molecule has 4 rings (SSSR count). The Morgan fingerprint density at radius 1 is 1.28 bits per heavy atom. The van der Waals surface area contributed by atoms with Crippen LogP contribution in [0.1, 0.15) is 29.0 Å². The first-order valence-corrected chi connectivity index (χ1v) is 8.38. The van der Waals surface area contributed by atoms with E-state index in [0.717, 1.165) is 5.69 Å². The topological polar surface area (TPSA) is 92.4 Å². The van der Waals surface area contributed by atoms with E-state index in [-0.39, 0.29) is 24.0 Å². The van der Waals surface area contributed by atoms with E-state index in [0.29, 0.717) is 30.6 Å². The van der Waals surface area contributed by atoms with Crippen LogP contribution in [-0.2, 0) is 6.42 Å². The standard InChI is InChI=1S/C18H19N5O2/c24-14-8-12(9-14)15(10-13-4-1-2-5-19-13)21-18(25)16-11-17-20-6-3-7-23(17)22-16/h1-7,11-12,14-15,24H,8-10H2,(H,21,25). The molecule has 1 atom stereocenters. The normalized spacial score (nSPS) is 20.8. The first-order valence-electron chi connectivity index (χ1n) is 8.38. The Hall–Kier alpha value is -2.80. The summed E-state index contributed by atoms with van der Waals surface area (Å²) in [6, 6.07) is 9.11. The lowest BCUT2D eigenvalue weighted by Gasteiger charge is -2.37. The zero-order valence-electron chi connectivity index (χ0n) is 13.6. The van der Waals surface area contributed by atoms with Crippen LogP contribution in [0.2, 0.25) is 0 Å². The molecule has 0 radical (unpaired) electrons. The molecule has 0 bridgehead atoms. The van der Waals surface area contributed by atoms with Crippen LogP contribution in [0.3, 0.4) is 0 Å². The van der Waals surface area contributed by atoms with Crippen LogP contribution < -0.4 is 5.32 Å². The summed E-state index contributed by atoms with van der Waals surface area (Å²) in [6.45, 7) is 0. The van der Waals surface area contributed by atoms with Gasteiger partial charge in [-0.2, -0.15) is 5.10 Å². The maximum Gasteiger partial charge on any atom is 0.272 e. The molecule has 1 aliphatic carbocycles. The molecule has 25 heavy (non-hydrogen) atoms. The van der Waals surface area contributed by atoms with Gasteiger partial charge in [0.25, 0.3) is 5.91 Å². The number of aromatic nitrogens is 4. The van der Waals surface area contributed by atoms with E-state index in [1.807, 2.05) is 18.2 Å². The number of hydrogen-bond acceptors (Lipinski definition) is 5. The first kappa shape index (κ1) is 15.7. The fraction of sp³-hybridized carbons (Fsp3) is 0.333. The maximum atomic E-state index is 12.6. The lowest BCUT2D eigenvalue weighted by molar-refractivity contribution is 0.0237. The zero-order valence-corrected chi connectivity index (χ0v) is 13.6. The number of amides is 1. The van der Waals surface area contributed by atoms with Gasteiger partial charge in [0.15, 0.2) is 11.3 Å². The Morgan fingerprint density at radius 2 is 2.12 bits per heavy atom. The molecular formula is C18H19N5O2. The van der Waals surface area contributed by atoms with E-state index in [1.165, 1.54) is 0 Å². The van der Waals surface area contributed by atoms with Gasteiger partial charge in [0.1, 0.15) is 0 Å². The maximum absolute atomic E-state index is 12.6. The average Bonchev–Trinajstić information content (AvgIpc) is 3.04. The van der Waals surface area contributed by atoms with E-state index in [2.05, 4.69) is 20.4 Å². The summed E-state index contributed by atoms with van der Waals surface area (Å²) in [4.78, 5) is 21.2. The summed E-state index contributed by atoms with van der Waals surface area (Å²) in [5, 5.41) is 17.0. The van der Waals surface area contributed by atoms with Crippen LogP contribution >= 0.6 is 0 Å². The first-order chi connectivity index (χ1) is 12.2. The molecule has 1 amide bonds. The van der Waals surface area contributed by atoms with E-state index in [9.17, 15) is 9.90 Å². The summed E-state index contributed by atoms with van der Waals surface area (Å²) < 4.78 is 1.58. The molecule has 7 heteroatoms. The zero-order chi connectivity index (χ0) is 17.2. The lowest BCUT2D eigenvalue weighted by Crippen LogP contribution is -2.48. The van der Waals surface area contributed by atoms with Gasteiger partial charge in [-0.15, -0.1) is 0 Å². The fourth-order valence-electron chi connectivity index (χ4n) is 3.22. The Balaban J connectivity index is 1.51. The van der Waals surface area contributed by atoms with Gasteiger partial charge < -0.3 is 10.4 Å². The molecule has 1 fully saturated rings. The summed E-state index contributed by atoms with van der Waals surface area (Å²) in [6.07, 6.45) is 6.93. The largest absolute Gasteiger partial charge is 0.393 e. The Labute approximate surface area is 144 Å². The molecule has 1 saturated carbocycles. The minimum absolute atomic E-state index is 0.0800. The number of aliphatic hydroxyl groups is 1. The highest BCUT2D eigenvalue weighted by Gasteiger charge is 2.35. The van der Waals surface area contributed by atoms with Crippen molar-refractivity contribution >= 4 is 11.6 Å². The minimum Gasteiger partial charge on any atom is -0.393 e. The van der Waals surface area contributed by atoms with Crippen LogP contribution in [0.25, 0.3) is 5.65 Å². The van der Waals surface area contributed by atoms with Crippen molar-refractivity contribution in [3.8, 4) is 0 Å². The van der Waals surface area contributed by atoms with Crippen molar-refractivity contribution in [2.24, 2.45) is 5.92 Å². The van der Waals surface area contributed by atoms with Gasteiger partial charge >= 0.3 is 0 Å². The molecule has 3 aromatic heterocycles. The third kappa shape index (κ3) is 3.36. The van der Waals surface area contributed by atoms with Crippen molar-refractivity contribution in [2.45, 2.75) is 31.4 Å². The van der Waals surface area contributed by atoms with E-state index in [4.69, 9.17) is 0 Å². The molecule has 7 nitrogen and oxygen atoms in total. The number of carbonyl (C=O) groups is 1. The molecule has 1 aliphatic rings. The average molecular weight is 337 g/mol. The number of fused-ring (bicyclic) bond motifs is 1. The van der Waals surface area contributed by atoms with Crippen LogP contribution in [0.15, 0.2) is 48.9 Å². The highest BCUT2D eigenvalue weighted by molar-refractivity contribution is 5.93. The highest BCUT2D eigenvalue weighted by atomic mass is 16.3. The van der Waals surface area contributed by atoms with Gasteiger partial charge in [0.2, 0.25) is 0 Å². The third-order valence-electron chi connectivity index (χ3n) is 4.66. The molecule has 1 unspecified atom stereocenters. The van der Waals surface area contributed by atoms with Crippen molar-refractivity contribution < 1.29 is 9.90 Å². The summed E-state index contributed by atoms with van der Waals surface area (Å²) in [5.74, 6) is 0.0175. The number of carbonyl (C=O) groups excluding carboxylic acids is 1. The summed E-state index contributed by atoms with van der Waals surface area (Å²) in [7, 11) is 0. The van der Waals surface area contributed by atoms with Gasteiger partial charge in [0.05, 0.1) is 6.10 Å². The quantitative estimate of drug-likeness (QED) is 0.731. The number of aliphatic hydroxyl groups excluding tert-OH is 1. The van der Waals surface area contributed by atoms with Gasteiger partial charge in [-0.25, -0.2) is 9.50 Å². The molecule has 2 N–H and O–H groups in total. The van der Waals surface area contributed by atoms with Crippen molar-refractivity contribution in [3.63, 3.8) is 0 Å². The SMILES string of the molecule is O=C(NC(Cc1ccccn1)C1CC(O)C1)c1cc2ncccn2n1. The van der Waals surface area contributed by atoms with Crippen LogP contribution in [0.4, 0.5) is 0 Å². The molecule has 0 saturated heterocycles. The number of pyridine rings is 1. The number of rotatable bonds is 5. The second kappa shape index (κ2) is 6.60. The second-order valence-corrected chi connectivity index (χ2v) is 6.44. The van der Waals surface area contributed by atoms with E-state index >= 15 is 0 Å². The predicted octanol–water partition coefficient (Wildman–Crippen LogP) is 1.24. The van der Waals surface area contributed by atoms with Crippen molar-refractivity contribution in [2.75, 3.05) is 0 Å². The van der Waals surface area contributed by atoms with Crippen LogP contribution in [0, 0.1) is 5.92 Å². The summed E-state index contributed by atoms with van der Waals surface area (Å²) >= 11 is 0. The van der Waals surface area contributed by atoms with Crippen LogP contribution in [0.5, 0.6) is 0 Å². The van der Waals surface area contributed by atoms with Gasteiger partial charge in [-0.1, -0.05) is 6.07 Å². The molecule has 3 aromatic rings. The molecule has 0 aromatic carbocycles. The van der Waals surface area contributed by atoms with Crippen molar-refractivity contribution in [1.82, 2.24) is 24.9 Å². The third-order valence-corrected chi connectivity index (χ3v) is 4.66. The summed E-state index contributed by atoms with van der Waals surface area (Å²) in [5.41, 5.74) is 1.89. The molecule has 128 valence electrons. The highest BCUT2D eigenvalue weighted by Crippen LogP contribution is 2.31. The smallest absolute Gasteiger partial charge is 0.272 e. The molecule has 3 heterocycles. The van der Waals surface area contributed by atoms with Gasteiger partial charge in [-0.3, -0.25) is 9.78 Å². The molecule has 0 spiro atoms. The predicted molar refractivity (Wildman–Crippen MR) is 90.9 cm³/mol. The van der Waals surface area contributed by atoms with E-state index in [1.54, 1.807) is 35.2 Å². The Bertz CT molecular complexity index is 840. The monoisotopic (exact) mass is 337 g/mol. The Morgan fingerprint density at radius 3 is 2.84 bits per heavy atom. The van der Waals surface area contributed by atoms with Gasteiger partial charge in [-0.05, 0) is 37.0 Å².